The van der Waals surface area contributed by atoms with Crippen LogP contribution in [0.3, 0.4) is 0 Å². The Hall–Kier alpha value is -1.95. The van der Waals surface area contributed by atoms with Gasteiger partial charge >= 0.3 is 0 Å². The van der Waals surface area contributed by atoms with Crippen molar-refractivity contribution in [2.24, 2.45) is 5.73 Å². The number of nitrogens with two attached hydrogens (primary N) is 1. The van der Waals surface area contributed by atoms with Crippen LogP contribution in [0.25, 0.3) is 0 Å². The number of aromatic nitrogens is 2. The molecule has 1 aromatic carbocycles. The lowest BCUT2D eigenvalue weighted by atomic mass is 10.1. The molecule has 2 N–H and O–H groups in total. The minimum Gasteiger partial charge on any atom is -0.485 e. The van der Waals surface area contributed by atoms with Crippen molar-refractivity contribution in [2.45, 2.75) is 19.6 Å². The Labute approximate surface area is 97.4 Å². The fourth-order valence-corrected chi connectivity index (χ4v) is 1.40. The number of hydrogen-bond acceptors (Lipinski definition) is 5. The van der Waals surface area contributed by atoms with Gasteiger partial charge in [-0.1, -0.05) is 5.16 Å². The Morgan fingerprint density at radius 2 is 2.35 bits per heavy atom. The van der Waals surface area contributed by atoms with Crippen molar-refractivity contribution in [3.63, 3.8) is 0 Å². The van der Waals surface area contributed by atoms with Gasteiger partial charge < -0.3 is 15.0 Å². The molecule has 17 heavy (non-hydrogen) atoms. The van der Waals surface area contributed by atoms with E-state index in [2.05, 4.69) is 14.7 Å². The van der Waals surface area contributed by atoms with Crippen LogP contribution in [0, 0.1) is 5.82 Å². The van der Waals surface area contributed by atoms with Crippen molar-refractivity contribution >= 4 is 0 Å². The summed E-state index contributed by atoms with van der Waals surface area (Å²) in [6.07, 6.45) is 1.22. The molecule has 0 bridgehead atoms. The predicted octanol–water partition coefficient (Wildman–Crippen LogP) is 1.81. The van der Waals surface area contributed by atoms with Crippen molar-refractivity contribution in [3.8, 4) is 5.75 Å². The molecule has 0 saturated carbocycles. The highest BCUT2D eigenvalue weighted by atomic mass is 19.1. The van der Waals surface area contributed by atoms with E-state index < -0.39 is 0 Å². The van der Waals surface area contributed by atoms with Gasteiger partial charge in [-0.05, 0) is 25.1 Å². The maximum atomic E-state index is 13.1. The number of rotatable bonds is 4. The van der Waals surface area contributed by atoms with Gasteiger partial charge in [-0.3, -0.25) is 0 Å². The first-order valence-electron chi connectivity index (χ1n) is 5.10. The van der Waals surface area contributed by atoms with E-state index in [-0.39, 0.29) is 18.5 Å². The molecule has 0 radical (unpaired) electrons. The lowest BCUT2D eigenvalue weighted by molar-refractivity contribution is 0.282. The molecule has 6 heteroatoms. The van der Waals surface area contributed by atoms with E-state index in [9.17, 15) is 4.39 Å². The van der Waals surface area contributed by atoms with Crippen molar-refractivity contribution in [3.05, 3.63) is 41.8 Å². The highest BCUT2D eigenvalue weighted by molar-refractivity contribution is 5.36. The monoisotopic (exact) mass is 237 g/mol. The van der Waals surface area contributed by atoms with Crippen LogP contribution < -0.4 is 10.5 Å². The van der Waals surface area contributed by atoms with Crippen LogP contribution in [0.15, 0.2) is 29.1 Å². The van der Waals surface area contributed by atoms with Gasteiger partial charge in [0.05, 0.1) is 0 Å². The highest BCUT2D eigenvalue weighted by Crippen LogP contribution is 2.25. The van der Waals surface area contributed by atoms with E-state index in [1.807, 2.05) is 0 Å². The van der Waals surface area contributed by atoms with Crippen LogP contribution in [0.2, 0.25) is 0 Å². The average molecular weight is 237 g/mol. The van der Waals surface area contributed by atoms with Crippen LogP contribution in [0.5, 0.6) is 5.75 Å². The van der Waals surface area contributed by atoms with Gasteiger partial charge in [0.1, 0.15) is 11.6 Å². The molecular formula is C11H12FN3O2. The second kappa shape index (κ2) is 4.92. The third-order valence-corrected chi connectivity index (χ3v) is 2.23. The molecule has 90 valence electrons. The van der Waals surface area contributed by atoms with Crippen LogP contribution in [-0.2, 0) is 6.61 Å². The molecule has 0 amide bonds. The summed E-state index contributed by atoms with van der Waals surface area (Å²) in [7, 11) is 0. The lowest BCUT2D eigenvalue weighted by Gasteiger charge is -2.12. The summed E-state index contributed by atoms with van der Waals surface area (Å²) in [5.41, 5.74) is 6.34. The quantitative estimate of drug-likeness (QED) is 0.877. The molecule has 2 aromatic rings. The summed E-state index contributed by atoms with van der Waals surface area (Å²) in [6, 6.07) is 3.90. The second-order valence-corrected chi connectivity index (χ2v) is 3.61. The lowest BCUT2D eigenvalue weighted by Crippen LogP contribution is -2.09. The number of nitrogens with zero attached hydrogens (tertiary/aromatic N) is 2. The summed E-state index contributed by atoms with van der Waals surface area (Å²) < 4.78 is 23.1. The zero-order valence-electron chi connectivity index (χ0n) is 9.26. The maximum Gasteiger partial charge on any atom is 0.213 e. The van der Waals surface area contributed by atoms with Crippen molar-refractivity contribution < 1.29 is 13.7 Å². The molecular weight excluding hydrogens is 225 g/mol. The van der Waals surface area contributed by atoms with Gasteiger partial charge in [0.15, 0.2) is 6.61 Å². The Bertz CT molecular complexity index is 485. The normalized spacial score (nSPS) is 12.4. The van der Waals surface area contributed by atoms with Crippen molar-refractivity contribution in [1.82, 2.24) is 10.1 Å². The Morgan fingerprint density at radius 1 is 1.53 bits per heavy atom. The van der Waals surface area contributed by atoms with Crippen LogP contribution in [0.4, 0.5) is 4.39 Å². The molecule has 0 aliphatic carbocycles. The molecule has 1 unspecified atom stereocenters. The molecule has 0 aliphatic heterocycles. The molecule has 5 nitrogen and oxygen atoms in total. The third kappa shape index (κ3) is 2.79. The topological polar surface area (TPSA) is 74.2 Å². The zero-order chi connectivity index (χ0) is 12.3. The van der Waals surface area contributed by atoms with E-state index in [4.69, 9.17) is 10.5 Å². The number of ether oxygens (including phenoxy) is 1. The first-order chi connectivity index (χ1) is 8.16. The highest BCUT2D eigenvalue weighted by Gasteiger charge is 2.10. The number of halogens is 1. The van der Waals surface area contributed by atoms with E-state index >= 15 is 0 Å². The minimum atomic E-state index is -0.343. The molecule has 0 aliphatic rings. The van der Waals surface area contributed by atoms with Gasteiger partial charge in [-0.15, -0.1) is 0 Å². The first-order valence-corrected chi connectivity index (χ1v) is 5.10. The third-order valence-electron chi connectivity index (χ3n) is 2.23. The summed E-state index contributed by atoms with van der Waals surface area (Å²) in [5, 5.41) is 3.61. The van der Waals surface area contributed by atoms with Gasteiger partial charge in [0.25, 0.3) is 0 Å². The zero-order valence-corrected chi connectivity index (χ0v) is 9.26. The molecule has 2 rings (SSSR count). The van der Waals surface area contributed by atoms with Crippen molar-refractivity contribution in [2.75, 3.05) is 0 Å². The predicted molar refractivity (Wildman–Crippen MR) is 57.6 cm³/mol. The summed E-state index contributed by atoms with van der Waals surface area (Å²) in [4.78, 5) is 3.82. The van der Waals surface area contributed by atoms with Crippen molar-refractivity contribution in [1.29, 1.82) is 0 Å². The summed E-state index contributed by atoms with van der Waals surface area (Å²) in [5.74, 6) is 0.598. The Balaban J connectivity index is 2.14. The van der Waals surface area contributed by atoms with E-state index in [0.29, 0.717) is 17.1 Å². The number of benzene rings is 1. The second-order valence-electron chi connectivity index (χ2n) is 3.61. The fourth-order valence-electron chi connectivity index (χ4n) is 1.40. The van der Waals surface area contributed by atoms with E-state index in [1.54, 1.807) is 6.92 Å². The van der Waals surface area contributed by atoms with Gasteiger partial charge in [-0.2, -0.15) is 4.98 Å². The number of hydrogen-bond donors (Lipinski definition) is 1. The molecule has 0 fully saturated rings. The summed E-state index contributed by atoms with van der Waals surface area (Å²) in [6.45, 7) is 1.91. The largest absolute Gasteiger partial charge is 0.485 e. The molecule has 1 heterocycles. The van der Waals surface area contributed by atoms with Gasteiger partial charge in [-0.25, -0.2) is 4.39 Å². The fraction of sp³-hybridized carbons (Fsp3) is 0.273. The molecule has 1 aromatic heterocycles. The maximum absolute atomic E-state index is 13.1. The van der Waals surface area contributed by atoms with Crippen LogP contribution in [0.1, 0.15) is 24.4 Å². The molecule has 0 saturated heterocycles. The standard InChI is InChI=1S/C11H12FN3O2/c1-7(13)9-4-8(12)2-3-10(9)16-5-11-14-6-17-15-11/h2-4,6-7H,5,13H2,1H3. The van der Waals surface area contributed by atoms with E-state index in [0.717, 1.165) is 0 Å². The first kappa shape index (κ1) is 11.5. The average Bonchev–Trinajstić information content (AvgIpc) is 2.80. The van der Waals surface area contributed by atoms with Crippen LogP contribution in [-0.4, -0.2) is 10.1 Å². The van der Waals surface area contributed by atoms with Gasteiger partial charge in [0.2, 0.25) is 12.2 Å². The molecule has 0 spiro atoms. The van der Waals surface area contributed by atoms with E-state index in [1.165, 1.54) is 24.6 Å². The Kier molecular flexibility index (Phi) is 3.34. The summed E-state index contributed by atoms with van der Waals surface area (Å²) >= 11 is 0. The van der Waals surface area contributed by atoms with Gasteiger partial charge in [0, 0.05) is 11.6 Å². The smallest absolute Gasteiger partial charge is 0.213 e. The van der Waals surface area contributed by atoms with Crippen LogP contribution >= 0.6 is 0 Å². The Morgan fingerprint density at radius 3 is 3.00 bits per heavy atom. The SMILES string of the molecule is CC(N)c1cc(F)ccc1OCc1ncon1. The minimum absolute atomic E-state index is 0.155. The molecule has 1 atom stereocenters.